The smallest absolute Gasteiger partial charge is 0 e. The molecular formula is C48H54Y-2. The van der Waals surface area contributed by atoms with Crippen LogP contribution in [0.5, 0.6) is 0 Å². The van der Waals surface area contributed by atoms with Crippen molar-refractivity contribution in [2.75, 3.05) is 0 Å². The van der Waals surface area contributed by atoms with E-state index in [1.54, 1.807) is 66.9 Å². The molecule has 1 radical (unpaired) electrons. The molecule has 0 aromatic rings. The van der Waals surface area contributed by atoms with Gasteiger partial charge in [0.05, 0.1) is 0 Å². The van der Waals surface area contributed by atoms with E-state index in [2.05, 4.69) is 72.9 Å². The summed E-state index contributed by atoms with van der Waals surface area (Å²) in [7, 11) is 0. The van der Waals surface area contributed by atoms with Crippen molar-refractivity contribution in [3.63, 3.8) is 0 Å². The quantitative estimate of drug-likeness (QED) is 0.173. The maximum absolute atomic E-state index is 3.27. The van der Waals surface area contributed by atoms with Crippen LogP contribution in [0.4, 0.5) is 0 Å². The van der Waals surface area contributed by atoms with Crippen molar-refractivity contribution in [3.8, 4) is 0 Å². The van der Waals surface area contributed by atoms with Crippen molar-refractivity contribution in [2.24, 2.45) is 0 Å². The minimum Gasteiger partial charge on any atom is -0.369 e. The van der Waals surface area contributed by atoms with Gasteiger partial charge in [-0.05, 0) is 182 Å². The van der Waals surface area contributed by atoms with Crippen LogP contribution in [0.15, 0.2) is 139 Å². The van der Waals surface area contributed by atoms with Crippen molar-refractivity contribution >= 4 is 0 Å². The summed E-state index contributed by atoms with van der Waals surface area (Å²) in [5, 5.41) is 0. The second-order valence-corrected chi connectivity index (χ2v) is 15.1. The molecule has 0 saturated carbocycles. The van der Waals surface area contributed by atoms with Crippen LogP contribution in [0.1, 0.15) is 141 Å². The van der Waals surface area contributed by atoms with E-state index in [0.29, 0.717) is 0 Å². The first kappa shape index (κ1) is 35.1. The maximum atomic E-state index is 3.27. The van der Waals surface area contributed by atoms with Crippen LogP contribution in [0.3, 0.4) is 0 Å². The zero-order chi connectivity index (χ0) is 32.1. The molecule has 0 nitrogen and oxygen atoms in total. The number of fused-ring (bicyclic) bond motifs is 6. The summed E-state index contributed by atoms with van der Waals surface area (Å²) in [6, 6.07) is 0. The van der Waals surface area contributed by atoms with Gasteiger partial charge in [-0.25, -0.2) is 0 Å². The Bertz CT molecular complexity index is 1610. The molecule has 0 bridgehead atoms. The van der Waals surface area contributed by atoms with E-state index in [9.17, 15) is 0 Å². The molecular weight excluding hydrogens is 665 g/mol. The minimum atomic E-state index is 0. The Kier molecular flexibility index (Phi) is 12.1. The van der Waals surface area contributed by atoms with E-state index in [0.717, 1.165) is 0 Å². The maximum Gasteiger partial charge on any atom is 0 e. The Morgan fingerprint density at radius 3 is 1.06 bits per heavy atom. The predicted octanol–water partition coefficient (Wildman–Crippen LogP) is 13.7. The monoisotopic (exact) mass is 719 g/mol. The van der Waals surface area contributed by atoms with Crippen LogP contribution in [0.2, 0.25) is 0 Å². The first-order chi connectivity index (χ1) is 23.8. The van der Waals surface area contributed by atoms with E-state index in [1.165, 1.54) is 152 Å². The molecule has 0 aromatic heterocycles. The van der Waals surface area contributed by atoms with Gasteiger partial charge in [-0.3, -0.25) is 0 Å². The van der Waals surface area contributed by atoms with E-state index >= 15 is 0 Å². The molecule has 0 spiro atoms. The molecule has 0 atom stereocenters. The summed E-state index contributed by atoms with van der Waals surface area (Å²) >= 11 is 0. The van der Waals surface area contributed by atoms with Gasteiger partial charge >= 0.3 is 0 Å². The minimum absolute atomic E-state index is 0. The van der Waals surface area contributed by atoms with Crippen molar-refractivity contribution in [1.29, 1.82) is 0 Å². The van der Waals surface area contributed by atoms with Crippen molar-refractivity contribution in [2.45, 2.75) is 141 Å². The molecule has 12 rings (SSSR count). The number of rotatable bonds is 0. The van der Waals surface area contributed by atoms with Crippen molar-refractivity contribution in [1.82, 2.24) is 0 Å². The normalized spacial score (nSPS) is 26.4. The van der Waals surface area contributed by atoms with E-state index in [4.69, 9.17) is 0 Å². The van der Waals surface area contributed by atoms with Gasteiger partial charge in [-0.1, -0.05) is 61.4 Å². The van der Waals surface area contributed by atoms with Gasteiger partial charge < -0.3 is 23.3 Å². The molecule has 0 aliphatic heterocycles. The summed E-state index contributed by atoms with van der Waals surface area (Å²) in [6.07, 6.45) is 58.2. The average molecular weight is 720 g/mol. The third-order valence-corrected chi connectivity index (χ3v) is 12.2. The Hall–Kier alpha value is -2.28. The predicted molar refractivity (Wildman–Crippen MR) is 203 cm³/mol. The van der Waals surface area contributed by atoms with Gasteiger partial charge in [0.15, 0.2) is 0 Å². The third-order valence-electron chi connectivity index (χ3n) is 12.2. The summed E-state index contributed by atoms with van der Waals surface area (Å²) in [4.78, 5) is 0. The zero-order valence-electron chi connectivity index (χ0n) is 29.9. The molecule has 12 aliphatic carbocycles. The van der Waals surface area contributed by atoms with Gasteiger partial charge in [0.25, 0.3) is 0 Å². The number of hydrogen-bond acceptors (Lipinski definition) is 0. The largest absolute Gasteiger partial charge is 0.369 e. The van der Waals surface area contributed by atoms with Gasteiger partial charge in [0, 0.05) is 32.7 Å². The van der Waals surface area contributed by atoms with E-state index in [-0.39, 0.29) is 32.7 Å². The molecule has 0 aromatic carbocycles. The molecule has 0 unspecified atom stereocenters. The molecule has 251 valence electrons. The van der Waals surface area contributed by atoms with Crippen LogP contribution >= 0.6 is 0 Å². The standard InChI is InChI=1S/C14H14.C11H12.C10H10.C8H10.C5H8.Y/c1-3-9-7-14-12-6-2-4-10(12)8-13(14)11(9)5-1;1-3-8-7-9-4-2-6-11(9)10(8)5-1;1-2-6-9(5-1)10-7-3-4-8-10;1-3-7-5-2-6-8(7)4-1;1-2-4-5-3-1;/h3-4H,1-2,5-8H2;3-4H,1-2,5-7H2;1,3H,2,4,6,8H2;3,6H,1-2,4-5H2;1-2H,3-5H2;/q;;-2;;;. The van der Waals surface area contributed by atoms with Gasteiger partial charge in [-0.15, -0.1) is 12.8 Å². The SMILES string of the molecule is C1=C2CC3=C4CCC=C4CC3=C2CC1.C1=C2CC3=CCCC3=C2CC1.C1=C2CCC=C2CC1.C1=CCCC1.[C-]1=CCCC1=C1[C-]=CCC1.[Y]. The van der Waals surface area contributed by atoms with Crippen LogP contribution in [-0.2, 0) is 32.7 Å². The molecule has 1 heteroatoms. The van der Waals surface area contributed by atoms with Crippen LogP contribution in [-0.4, -0.2) is 0 Å². The molecule has 0 heterocycles. The second kappa shape index (κ2) is 16.8. The fraction of sp³-hybridized carbons (Fsp3) is 0.458. The first-order valence-electron chi connectivity index (χ1n) is 19.7. The Morgan fingerprint density at radius 2 is 0.694 bits per heavy atom. The molecule has 0 saturated heterocycles. The zero-order valence-corrected chi connectivity index (χ0v) is 32.7. The first-order valence-corrected chi connectivity index (χ1v) is 19.7. The summed E-state index contributed by atoms with van der Waals surface area (Å²) in [5.41, 5.74) is 23.1. The Balaban J connectivity index is 0.0000000992. The molecule has 0 fully saturated rings. The fourth-order valence-electron chi connectivity index (χ4n) is 9.79. The van der Waals surface area contributed by atoms with E-state index in [1.807, 2.05) is 0 Å². The van der Waals surface area contributed by atoms with Crippen molar-refractivity contribution < 1.29 is 32.7 Å². The topological polar surface area (TPSA) is 0 Å². The molecule has 0 amide bonds. The summed E-state index contributed by atoms with van der Waals surface area (Å²) in [5.74, 6) is 0. The van der Waals surface area contributed by atoms with Gasteiger partial charge in [0.1, 0.15) is 0 Å². The summed E-state index contributed by atoms with van der Waals surface area (Å²) < 4.78 is 0. The van der Waals surface area contributed by atoms with Crippen LogP contribution in [0.25, 0.3) is 0 Å². The number of hydrogen-bond donors (Lipinski definition) is 0. The summed E-state index contributed by atoms with van der Waals surface area (Å²) in [6.45, 7) is 0. The van der Waals surface area contributed by atoms with Crippen LogP contribution in [0, 0.1) is 12.2 Å². The van der Waals surface area contributed by atoms with Crippen LogP contribution < -0.4 is 0 Å². The van der Waals surface area contributed by atoms with Gasteiger partial charge in [0.2, 0.25) is 0 Å². The average Bonchev–Trinajstić information content (AvgIpc) is 3.95. The molecule has 0 N–H and O–H groups in total. The van der Waals surface area contributed by atoms with Gasteiger partial charge in [-0.2, -0.15) is 12.2 Å². The number of allylic oxidation sites excluding steroid dienone is 26. The van der Waals surface area contributed by atoms with Crippen molar-refractivity contribution in [3.05, 3.63) is 151 Å². The second-order valence-electron chi connectivity index (χ2n) is 15.1. The molecule has 12 aliphatic rings. The Labute approximate surface area is 322 Å². The Morgan fingerprint density at radius 1 is 0.327 bits per heavy atom. The third kappa shape index (κ3) is 7.97. The molecule has 49 heavy (non-hydrogen) atoms. The fourth-order valence-corrected chi connectivity index (χ4v) is 9.79. The van der Waals surface area contributed by atoms with E-state index < -0.39 is 0 Å².